The third-order valence-electron chi connectivity index (χ3n) is 5.88. The number of aliphatic imine (C=N–C) groups is 1. The van der Waals surface area contributed by atoms with Gasteiger partial charge >= 0.3 is 0 Å². The minimum absolute atomic E-state index is 0.0699. The van der Waals surface area contributed by atoms with Crippen LogP contribution in [0.3, 0.4) is 0 Å². The molecule has 3 atom stereocenters. The van der Waals surface area contributed by atoms with E-state index in [1.54, 1.807) is 44.3 Å². The number of nitrogens with zero attached hydrogens (tertiary/aromatic N) is 2. The monoisotopic (exact) mass is 491 g/mol. The largest absolute Gasteiger partial charge is 0.491 e. The molecule has 1 heterocycles. The highest BCUT2D eigenvalue weighted by Gasteiger charge is 2.33. The molecule has 0 spiro atoms. The number of carbonyl (C=O) groups is 2. The average Bonchev–Trinajstić information content (AvgIpc) is 2.98. The second-order valence-corrected chi connectivity index (χ2v) is 8.73. The Hall–Kier alpha value is -3.68. The molecule has 3 aromatic rings. The third-order valence-corrected chi connectivity index (χ3v) is 6.11. The van der Waals surface area contributed by atoms with E-state index in [1.165, 1.54) is 4.90 Å². The van der Waals surface area contributed by atoms with E-state index in [-0.39, 0.29) is 6.61 Å². The lowest BCUT2D eigenvalue weighted by atomic mass is 10.0. The highest BCUT2D eigenvalue weighted by Crippen LogP contribution is 2.30. The van der Waals surface area contributed by atoms with Gasteiger partial charge in [0.1, 0.15) is 12.4 Å². The lowest BCUT2D eigenvalue weighted by Gasteiger charge is -2.23. The van der Waals surface area contributed by atoms with Crippen LogP contribution in [0.15, 0.2) is 83.9 Å². The number of aliphatic hydroxyl groups excluding tert-OH is 1. The van der Waals surface area contributed by atoms with Gasteiger partial charge in [0, 0.05) is 23.2 Å². The summed E-state index contributed by atoms with van der Waals surface area (Å²) >= 11 is 6.27. The maximum Gasteiger partial charge on any atom is 0.272 e. The Bertz CT molecular complexity index is 1230. The van der Waals surface area contributed by atoms with Crippen molar-refractivity contribution in [2.45, 2.75) is 19.2 Å². The molecule has 2 unspecified atom stereocenters. The molecule has 0 bridgehead atoms. The number of amides is 2. The zero-order valence-electron chi connectivity index (χ0n) is 19.4. The standard InChI is InChI=1S/C27H26ClN3O4/c1-17(23(32)16-35-20-11-7-4-8-12-20)26(33)30-25-27(34)31(2)22-14-13-19(28)15-21(22)24(29-25)18-9-5-3-6-10-18/h3-15,17,23,25,32H,16H2,1-2H3,(H,30,33)/t17?,23-,25?/m1/s1. The van der Waals surface area contributed by atoms with Crippen LogP contribution in [0, 0.1) is 5.92 Å². The molecular formula is C27H26ClN3O4. The molecule has 35 heavy (non-hydrogen) atoms. The van der Waals surface area contributed by atoms with Gasteiger partial charge in [-0.15, -0.1) is 0 Å². The van der Waals surface area contributed by atoms with Crippen LogP contribution >= 0.6 is 11.6 Å². The number of halogens is 1. The van der Waals surface area contributed by atoms with Gasteiger partial charge < -0.3 is 20.1 Å². The number of fused-ring (bicyclic) bond motifs is 1. The summed E-state index contributed by atoms with van der Waals surface area (Å²) in [5.74, 6) is -1.17. The topological polar surface area (TPSA) is 91.2 Å². The van der Waals surface area contributed by atoms with Crippen molar-refractivity contribution >= 4 is 34.8 Å². The molecule has 0 aliphatic carbocycles. The maximum absolute atomic E-state index is 13.3. The second kappa shape index (κ2) is 10.7. The number of benzene rings is 3. The van der Waals surface area contributed by atoms with Gasteiger partial charge in [0.15, 0.2) is 0 Å². The first kappa shape index (κ1) is 24.4. The summed E-state index contributed by atoms with van der Waals surface area (Å²) in [6, 6.07) is 23.6. The fraction of sp³-hybridized carbons (Fsp3) is 0.222. The predicted octanol–water partition coefficient (Wildman–Crippen LogP) is 3.67. The van der Waals surface area contributed by atoms with Crippen molar-refractivity contribution in [3.8, 4) is 5.75 Å². The van der Waals surface area contributed by atoms with E-state index >= 15 is 0 Å². The molecule has 0 radical (unpaired) electrons. The summed E-state index contributed by atoms with van der Waals surface area (Å²) in [7, 11) is 1.63. The van der Waals surface area contributed by atoms with E-state index in [0.29, 0.717) is 27.7 Å². The first-order chi connectivity index (χ1) is 16.8. The molecule has 0 saturated carbocycles. The zero-order chi connectivity index (χ0) is 24.9. The molecule has 180 valence electrons. The molecule has 2 amide bonds. The molecule has 1 aliphatic heterocycles. The predicted molar refractivity (Wildman–Crippen MR) is 136 cm³/mol. The molecule has 0 aromatic heterocycles. The molecule has 4 rings (SSSR count). The molecule has 8 heteroatoms. The number of aliphatic hydroxyl groups is 1. The summed E-state index contributed by atoms with van der Waals surface area (Å²) in [6.07, 6.45) is -2.26. The van der Waals surface area contributed by atoms with Crippen molar-refractivity contribution in [1.29, 1.82) is 0 Å². The van der Waals surface area contributed by atoms with Crippen LogP contribution in [0.2, 0.25) is 5.02 Å². The number of carbonyl (C=O) groups excluding carboxylic acids is 2. The van der Waals surface area contributed by atoms with Crippen LogP contribution in [-0.2, 0) is 9.59 Å². The highest BCUT2D eigenvalue weighted by atomic mass is 35.5. The van der Waals surface area contributed by atoms with E-state index in [9.17, 15) is 14.7 Å². The van der Waals surface area contributed by atoms with E-state index in [1.807, 2.05) is 48.5 Å². The quantitative estimate of drug-likeness (QED) is 0.527. The summed E-state index contributed by atoms with van der Waals surface area (Å²) in [4.78, 5) is 32.4. The highest BCUT2D eigenvalue weighted by molar-refractivity contribution is 6.32. The average molecular weight is 492 g/mol. The normalized spacial score (nSPS) is 17.0. The lowest BCUT2D eigenvalue weighted by molar-refractivity contribution is -0.132. The number of ether oxygens (including phenoxy) is 1. The Labute approximate surface area is 209 Å². The number of hydrogen-bond donors (Lipinski definition) is 2. The van der Waals surface area contributed by atoms with Crippen LogP contribution in [-0.4, -0.2) is 48.6 Å². The zero-order valence-corrected chi connectivity index (χ0v) is 20.1. The van der Waals surface area contributed by atoms with Gasteiger partial charge in [-0.3, -0.25) is 9.59 Å². The van der Waals surface area contributed by atoms with Crippen LogP contribution in [0.1, 0.15) is 18.1 Å². The van der Waals surface area contributed by atoms with E-state index in [2.05, 4.69) is 10.3 Å². The van der Waals surface area contributed by atoms with Gasteiger partial charge in [-0.05, 0) is 30.3 Å². The maximum atomic E-state index is 13.3. The van der Waals surface area contributed by atoms with Crippen molar-refractivity contribution in [3.63, 3.8) is 0 Å². The van der Waals surface area contributed by atoms with Gasteiger partial charge in [-0.1, -0.05) is 67.1 Å². The van der Waals surface area contributed by atoms with Crippen LogP contribution < -0.4 is 15.0 Å². The smallest absolute Gasteiger partial charge is 0.272 e. The molecule has 1 aliphatic rings. The minimum Gasteiger partial charge on any atom is -0.491 e. The van der Waals surface area contributed by atoms with Gasteiger partial charge in [0.05, 0.1) is 23.4 Å². The summed E-state index contributed by atoms with van der Waals surface area (Å²) in [6.45, 7) is 1.51. The lowest BCUT2D eigenvalue weighted by Crippen LogP contribution is -2.49. The molecule has 7 nitrogen and oxygen atoms in total. The fourth-order valence-electron chi connectivity index (χ4n) is 3.75. The minimum atomic E-state index is -1.18. The van der Waals surface area contributed by atoms with Crippen molar-refractivity contribution in [1.82, 2.24) is 5.32 Å². The Morgan fingerprint density at radius 1 is 1.11 bits per heavy atom. The second-order valence-electron chi connectivity index (χ2n) is 8.29. The van der Waals surface area contributed by atoms with Gasteiger partial charge in [0.25, 0.3) is 5.91 Å². The Balaban J connectivity index is 1.58. The summed E-state index contributed by atoms with van der Waals surface area (Å²) < 4.78 is 5.57. The van der Waals surface area contributed by atoms with E-state index in [0.717, 1.165) is 5.56 Å². The summed E-state index contributed by atoms with van der Waals surface area (Å²) in [5.41, 5.74) is 2.62. The van der Waals surface area contributed by atoms with Crippen molar-refractivity contribution in [2.75, 3.05) is 18.6 Å². The molecule has 2 N–H and O–H groups in total. The van der Waals surface area contributed by atoms with Crippen molar-refractivity contribution in [3.05, 3.63) is 95.0 Å². The first-order valence-electron chi connectivity index (χ1n) is 11.2. The summed E-state index contributed by atoms with van der Waals surface area (Å²) in [5, 5.41) is 13.7. The van der Waals surface area contributed by atoms with Crippen molar-refractivity contribution < 1.29 is 19.4 Å². The van der Waals surface area contributed by atoms with Gasteiger partial charge in [-0.2, -0.15) is 0 Å². The number of likely N-dealkylation sites (N-methyl/N-ethyl adjacent to an activating group) is 1. The van der Waals surface area contributed by atoms with Crippen molar-refractivity contribution in [2.24, 2.45) is 10.9 Å². The number of para-hydroxylation sites is 1. The van der Waals surface area contributed by atoms with Crippen LogP contribution in [0.4, 0.5) is 5.69 Å². The SMILES string of the molecule is CC(C(=O)NC1N=C(c2ccccc2)c2cc(Cl)ccc2N(C)C1=O)[C@H](O)COc1ccccc1. The van der Waals surface area contributed by atoms with E-state index < -0.39 is 30.0 Å². The number of rotatable bonds is 7. The van der Waals surface area contributed by atoms with Crippen LogP contribution in [0.5, 0.6) is 5.75 Å². The molecular weight excluding hydrogens is 466 g/mol. The Morgan fingerprint density at radius 3 is 2.46 bits per heavy atom. The number of anilines is 1. The molecule has 3 aromatic carbocycles. The number of nitrogens with one attached hydrogen (secondary N) is 1. The number of benzodiazepines with no additional fused rings is 1. The third kappa shape index (κ3) is 5.53. The number of hydrogen-bond acceptors (Lipinski definition) is 5. The Morgan fingerprint density at radius 2 is 1.77 bits per heavy atom. The molecule has 0 fully saturated rings. The van der Waals surface area contributed by atoms with Gasteiger partial charge in [0.2, 0.25) is 12.1 Å². The Kier molecular flexibility index (Phi) is 7.48. The molecule has 0 saturated heterocycles. The van der Waals surface area contributed by atoms with Crippen LogP contribution in [0.25, 0.3) is 0 Å². The fourth-order valence-corrected chi connectivity index (χ4v) is 3.92. The first-order valence-corrected chi connectivity index (χ1v) is 11.6. The van der Waals surface area contributed by atoms with E-state index in [4.69, 9.17) is 16.3 Å². The van der Waals surface area contributed by atoms with Gasteiger partial charge in [-0.25, -0.2) is 4.99 Å².